The second kappa shape index (κ2) is 47.1. The van der Waals surface area contributed by atoms with E-state index in [0.717, 1.165) is 32.1 Å². The topological polar surface area (TPSA) is 307 Å². The van der Waals surface area contributed by atoms with Gasteiger partial charge in [0.15, 0.2) is 18.9 Å². The van der Waals surface area contributed by atoms with Crippen molar-refractivity contribution in [3.05, 3.63) is 36.5 Å². The third kappa shape index (κ3) is 30.2. The summed E-state index contributed by atoms with van der Waals surface area (Å²) in [7, 11) is 0. The lowest BCUT2D eigenvalue weighted by atomic mass is 9.96. The number of hydrogen-bond donors (Lipinski definition) is 12. The maximum absolute atomic E-state index is 13.1. The molecular weight excluding hydrogens is 1070 g/mol. The number of hydrogen-bond acceptors (Lipinski definition) is 18. The number of rotatable bonds is 49. The molecule has 486 valence electrons. The van der Waals surface area contributed by atoms with Crippen molar-refractivity contribution < 1.29 is 89.4 Å². The standard InChI is InChI=1S/C64H117NO18/c1-3-5-7-8-9-10-11-12-13-14-15-16-17-18-19-20-21-22-23-24-25-26-27-28-29-30-31-32-33-34-35-36-37-38-40-42-52(70)65-47(48(69)41-39-6-4-2)46-78-62-58(76)55(73)60(50(44-67)80-62)83-64-59(77)56(74)61(51(45-68)81-64)82-63-57(75)54(72)53(71)49(43-66)79-63/h11-12,14-15,39,41,47-51,53-64,66-69,71-77H,3-10,13,16-38,40,42-46H2,1-2H3,(H,65,70)/b12-11-,15-14-,41-39+. The Morgan fingerprint density at radius 1 is 0.434 bits per heavy atom. The molecule has 0 aromatic rings. The minimum Gasteiger partial charge on any atom is -0.394 e. The molecule has 1 amide bonds. The van der Waals surface area contributed by atoms with Crippen LogP contribution in [0.25, 0.3) is 0 Å². The van der Waals surface area contributed by atoms with Crippen LogP contribution >= 0.6 is 0 Å². The zero-order chi connectivity index (χ0) is 60.5. The lowest BCUT2D eigenvalue weighted by Gasteiger charge is -2.48. The Bertz CT molecular complexity index is 1660. The minimum atomic E-state index is -1.97. The van der Waals surface area contributed by atoms with E-state index < -0.39 is 124 Å². The summed E-state index contributed by atoms with van der Waals surface area (Å²) in [6.07, 6.45) is 27.3. The van der Waals surface area contributed by atoms with Gasteiger partial charge < -0.3 is 89.9 Å². The second-order valence-electron chi connectivity index (χ2n) is 23.6. The van der Waals surface area contributed by atoms with Crippen LogP contribution in [0.15, 0.2) is 36.5 Å². The molecule has 0 bridgehead atoms. The molecule has 0 aromatic carbocycles. The van der Waals surface area contributed by atoms with Crippen molar-refractivity contribution in [1.29, 1.82) is 0 Å². The van der Waals surface area contributed by atoms with Gasteiger partial charge in [-0.25, -0.2) is 0 Å². The van der Waals surface area contributed by atoms with Gasteiger partial charge in [-0.3, -0.25) is 4.79 Å². The molecule has 3 aliphatic heterocycles. The van der Waals surface area contributed by atoms with Gasteiger partial charge in [-0.15, -0.1) is 0 Å². The molecule has 19 nitrogen and oxygen atoms in total. The van der Waals surface area contributed by atoms with Crippen molar-refractivity contribution in [1.82, 2.24) is 5.32 Å². The number of carbonyl (C=O) groups excluding carboxylic acids is 1. The number of amides is 1. The Hall–Kier alpha value is -1.99. The van der Waals surface area contributed by atoms with Crippen LogP contribution in [-0.4, -0.2) is 193 Å². The Balaban J connectivity index is 1.22. The molecule has 19 heteroatoms. The van der Waals surface area contributed by atoms with Crippen LogP contribution in [0.4, 0.5) is 0 Å². The van der Waals surface area contributed by atoms with E-state index in [1.165, 1.54) is 167 Å². The minimum absolute atomic E-state index is 0.243. The van der Waals surface area contributed by atoms with Crippen molar-refractivity contribution in [3.63, 3.8) is 0 Å². The summed E-state index contributed by atoms with van der Waals surface area (Å²) in [6, 6.07) is -0.966. The molecule has 0 aromatic heterocycles. The molecule has 0 saturated carbocycles. The summed E-state index contributed by atoms with van der Waals surface area (Å²) >= 11 is 0. The van der Waals surface area contributed by atoms with E-state index >= 15 is 0 Å². The van der Waals surface area contributed by atoms with Gasteiger partial charge in [0.05, 0.1) is 38.6 Å². The molecule has 17 unspecified atom stereocenters. The molecule has 0 spiro atoms. The number of allylic oxidation sites excluding steroid dienone is 5. The Morgan fingerprint density at radius 3 is 1.25 bits per heavy atom. The normalized spacial score (nSPS) is 29.6. The van der Waals surface area contributed by atoms with Gasteiger partial charge in [0, 0.05) is 6.42 Å². The van der Waals surface area contributed by atoms with E-state index in [1.807, 2.05) is 6.92 Å². The average molecular weight is 1190 g/mol. The molecule has 3 aliphatic rings. The summed E-state index contributed by atoms with van der Waals surface area (Å²) in [6.45, 7) is 1.48. The van der Waals surface area contributed by atoms with Crippen LogP contribution in [-0.2, 0) is 33.2 Å². The van der Waals surface area contributed by atoms with Crippen molar-refractivity contribution in [2.24, 2.45) is 0 Å². The first-order chi connectivity index (χ1) is 40.3. The van der Waals surface area contributed by atoms with E-state index in [9.17, 15) is 61.0 Å². The largest absolute Gasteiger partial charge is 0.394 e. The number of aliphatic hydroxyl groups excluding tert-OH is 11. The van der Waals surface area contributed by atoms with Crippen LogP contribution in [0, 0.1) is 0 Å². The lowest BCUT2D eigenvalue weighted by molar-refractivity contribution is -0.379. The number of carbonyl (C=O) groups is 1. The second-order valence-corrected chi connectivity index (χ2v) is 23.6. The number of unbranched alkanes of at least 4 members (excludes halogenated alkanes) is 29. The predicted octanol–water partition coefficient (Wildman–Crippen LogP) is 7.27. The van der Waals surface area contributed by atoms with E-state index in [4.69, 9.17) is 28.4 Å². The summed E-state index contributed by atoms with van der Waals surface area (Å²) in [5, 5.41) is 119. The molecule has 12 N–H and O–H groups in total. The van der Waals surface area contributed by atoms with Gasteiger partial charge in [-0.1, -0.05) is 217 Å². The van der Waals surface area contributed by atoms with Gasteiger partial charge in [-0.2, -0.15) is 0 Å². The maximum atomic E-state index is 13.1. The van der Waals surface area contributed by atoms with Crippen LogP contribution in [0.5, 0.6) is 0 Å². The first-order valence-corrected chi connectivity index (χ1v) is 32.7. The van der Waals surface area contributed by atoms with Crippen LogP contribution in [0.3, 0.4) is 0 Å². The molecule has 17 atom stereocenters. The fourth-order valence-electron chi connectivity index (χ4n) is 11.1. The highest BCUT2D eigenvalue weighted by atomic mass is 16.8. The van der Waals surface area contributed by atoms with E-state index in [1.54, 1.807) is 12.2 Å². The van der Waals surface area contributed by atoms with E-state index in [0.29, 0.717) is 12.8 Å². The molecule has 3 rings (SSSR count). The summed E-state index contributed by atoms with van der Waals surface area (Å²) in [5.41, 5.74) is 0. The van der Waals surface area contributed by atoms with Crippen LogP contribution < -0.4 is 5.32 Å². The Labute approximate surface area is 498 Å². The van der Waals surface area contributed by atoms with Crippen LogP contribution in [0.2, 0.25) is 0 Å². The number of aliphatic hydroxyl groups is 11. The fourth-order valence-corrected chi connectivity index (χ4v) is 11.1. The van der Waals surface area contributed by atoms with Crippen molar-refractivity contribution >= 4 is 5.91 Å². The zero-order valence-corrected chi connectivity index (χ0v) is 50.9. The first kappa shape index (κ1) is 75.3. The van der Waals surface area contributed by atoms with Gasteiger partial charge >= 0.3 is 0 Å². The first-order valence-electron chi connectivity index (χ1n) is 32.7. The molecule has 3 heterocycles. The van der Waals surface area contributed by atoms with Gasteiger partial charge in [0.2, 0.25) is 5.91 Å². The fraction of sp³-hybridized carbons (Fsp3) is 0.891. The highest BCUT2D eigenvalue weighted by Crippen LogP contribution is 2.33. The SMILES string of the molecule is CCC/C=C/C(O)C(COC1OC(CO)C(OC2OC(CO)C(OC3OC(CO)C(O)C(O)C3O)C(O)C2O)C(O)C1O)NC(=O)CCCCCCCCCCCCCCCCCCCCCCCCC/C=C\C/C=C\CCCCCCC. The van der Waals surface area contributed by atoms with Gasteiger partial charge in [-0.05, 0) is 44.9 Å². The Morgan fingerprint density at radius 2 is 0.819 bits per heavy atom. The lowest BCUT2D eigenvalue weighted by Crippen LogP contribution is -2.66. The monoisotopic (exact) mass is 1190 g/mol. The average Bonchev–Trinajstić information content (AvgIpc) is 3.56. The highest BCUT2D eigenvalue weighted by Gasteiger charge is 2.53. The van der Waals surface area contributed by atoms with E-state index in [-0.39, 0.29) is 18.9 Å². The quantitative estimate of drug-likeness (QED) is 0.0211. The molecular formula is C64H117NO18. The van der Waals surface area contributed by atoms with Crippen LogP contribution in [0.1, 0.15) is 232 Å². The number of nitrogens with one attached hydrogen (secondary N) is 1. The zero-order valence-electron chi connectivity index (χ0n) is 50.9. The molecule has 0 aliphatic carbocycles. The third-order valence-electron chi connectivity index (χ3n) is 16.4. The smallest absolute Gasteiger partial charge is 0.220 e. The van der Waals surface area contributed by atoms with Gasteiger partial charge in [0.25, 0.3) is 0 Å². The van der Waals surface area contributed by atoms with Crippen molar-refractivity contribution in [2.45, 2.75) is 336 Å². The highest BCUT2D eigenvalue weighted by molar-refractivity contribution is 5.76. The molecule has 3 fully saturated rings. The third-order valence-corrected chi connectivity index (χ3v) is 16.4. The van der Waals surface area contributed by atoms with Crippen molar-refractivity contribution in [2.75, 3.05) is 26.4 Å². The molecule has 3 saturated heterocycles. The number of ether oxygens (including phenoxy) is 6. The molecule has 83 heavy (non-hydrogen) atoms. The predicted molar refractivity (Wildman–Crippen MR) is 319 cm³/mol. The summed E-state index contributed by atoms with van der Waals surface area (Å²) < 4.78 is 34.0. The Kier molecular flexibility index (Phi) is 42.7. The summed E-state index contributed by atoms with van der Waals surface area (Å²) in [5.74, 6) is -0.285. The van der Waals surface area contributed by atoms with E-state index in [2.05, 4.69) is 36.5 Å². The molecule has 0 radical (unpaired) electrons. The maximum Gasteiger partial charge on any atom is 0.220 e. The van der Waals surface area contributed by atoms with Gasteiger partial charge in [0.1, 0.15) is 73.2 Å². The summed E-state index contributed by atoms with van der Waals surface area (Å²) in [4.78, 5) is 13.1. The van der Waals surface area contributed by atoms with Crippen molar-refractivity contribution in [3.8, 4) is 0 Å².